The van der Waals surface area contributed by atoms with Crippen LogP contribution in [0.25, 0.3) is 5.65 Å². The third kappa shape index (κ3) is 3.06. The summed E-state index contributed by atoms with van der Waals surface area (Å²) in [5, 5.41) is 8.16. The van der Waals surface area contributed by atoms with Crippen LogP contribution < -0.4 is 21.5 Å². The Morgan fingerprint density at radius 2 is 1.88 bits per heavy atom. The summed E-state index contributed by atoms with van der Waals surface area (Å²) >= 11 is 0. The fourth-order valence-electron chi connectivity index (χ4n) is 3.70. The summed E-state index contributed by atoms with van der Waals surface area (Å²) in [6.07, 6.45) is 7.57. The van der Waals surface area contributed by atoms with Gasteiger partial charge in [-0.05, 0) is 55.9 Å². The number of nitrogen functional groups attached to an aromatic ring is 1. The number of methoxy groups -OCH3 is 1. The van der Waals surface area contributed by atoms with Gasteiger partial charge in [0, 0.05) is 29.7 Å². The Bertz CT molecular complexity index is 896. The van der Waals surface area contributed by atoms with Crippen molar-refractivity contribution in [1.82, 2.24) is 14.6 Å². The van der Waals surface area contributed by atoms with Crippen molar-refractivity contribution in [3.8, 4) is 5.75 Å². The molecule has 0 amide bonds. The lowest BCUT2D eigenvalue weighted by Gasteiger charge is -2.28. The molecule has 0 atom stereocenters. The Labute approximate surface area is 152 Å². The molecule has 0 spiro atoms. The molecule has 1 fully saturated rings. The maximum atomic E-state index is 6.51. The summed E-state index contributed by atoms with van der Waals surface area (Å²) in [7, 11) is 1.66. The van der Waals surface area contributed by atoms with Crippen LogP contribution in [0.1, 0.15) is 37.2 Å². The van der Waals surface area contributed by atoms with E-state index in [4.69, 9.17) is 21.3 Å². The van der Waals surface area contributed by atoms with Crippen LogP contribution in [-0.4, -0.2) is 27.7 Å². The molecule has 26 heavy (non-hydrogen) atoms. The van der Waals surface area contributed by atoms with E-state index in [-0.39, 0.29) is 6.04 Å². The molecule has 2 heterocycles. The molecule has 2 aromatic heterocycles. The molecule has 5 N–H and O–H groups in total. The van der Waals surface area contributed by atoms with Crippen LogP contribution in [-0.2, 0) is 0 Å². The number of fused-ring (bicyclic) bond motifs is 1. The summed E-state index contributed by atoms with van der Waals surface area (Å²) in [4.78, 5) is 4.37. The second kappa shape index (κ2) is 6.84. The Morgan fingerprint density at radius 3 is 2.58 bits per heavy atom. The molecule has 0 unspecified atom stereocenters. The highest BCUT2D eigenvalue weighted by molar-refractivity contribution is 5.76. The van der Waals surface area contributed by atoms with Gasteiger partial charge in [0.1, 0.15) is 5.75 Å². The SMILES string of the molecule is COc1ccc(Nc2nn3ccnc3c(N)c2C2CCC(N)CC2)cc1. The maximum Gasteiger partial charge on any atom is 0.177 e. The number of aromatic nitrogens is 3. The first-order valence-electron chi connectivity index (χ1n) is 8.95. The first-order valence-corrected chi connectivity index (χ1v) is 8.95. The average molecular weight is 352 g/mol. The molecular weight excluding hydrogens is 328 g/mol. The predicted octanol–water partition coefficient (Wildman–Crippen LogP) is 3.05. The Kier molecular flexibility index (Phi) is 4.38. The van der Waals surface area contributed by atoms with E-state index in [1.54, 1.807) is 17.8 Å². The van der Waals surface area contributed by atoms with Gasteiger partial charge in [0.15, 0.2) is 11.5 Å². The van der Waals surface area contributed by atoms with Gasteiger partial charge in [-0.3, -0.25) is 0 Å². The van der Waals surface area contributed by atoms with Gasteiger partial charge in [-0.25, -0.2) is 9.50 Å². The van der Waals surface area contributed by atoms with Crippen LogP contribution >= 0.6 is 0 Å². The van der Waals surface area contributed by atoms with E-state index >= 15 is 0 Å². The van der Waals surface area contributed by atoms with Gasteiger partial charge in [0.2, 0.25) is 0 Å². The summed E-state index contributed by atoms with van der Waals surface area (Å²) < 4.78 is 6.95. The molecule has 0 bridgehead atoms. The van der Waals surface area contributed by atoms with Crippen molar-refractivity contribution < 1.29 is 4.74 Å². The van der Waals surface area contributed by atoms with Gasteiger partial charge in [-0.2, -0.15) is 0 Å². The van der Waals surface area contributed by atoms with Gasteiger partial charge in [0.25, 0.3) is 0 Å². The van der Waals surface area contributed by atoms with Crippen molar-refractivity contribution in [2.45, 2.75) is 37.6 Å². The van der Waals surface area contributed by atoms with Crippen molar-refractivity contribution >= 4 is 22.8 Å². The smallest absolute Gasteiger partial charge is 0.177 e. The Morgan fingerprint density at radius 1 is 1.15 bits per heavy atom. The number of anilines is 3. The Hall–Kier alpha value is -2.80. The number of nitrogens with two attached hydrogens (primary N) is 2. The van der Waals surface area contributed by atoms with Gasteiger partial charge in [0.05, 0.1) is 12.8 Å². The number of imidazole rings is 1. The Balaban J connectivity index is 1.74. The molecule has 0 radical (unpaired) electrons. The second-order valence-electron chi connectivity index (χ2n) is 6.84. The second-order valence-corrected chi connectivity index (χ2v) is 6.84. The topological polar surface area (TPSA) is 103 Å². The zero-order valence-corrected chi connectivity index (χ0v) is 14.9. The lowest BCUT2D eigenvalue weighted by Crippen LogP contribution is -2.26. The largest absolute Gasteiger partial charge is 0.497 e. The quantitative estimate of drug-likeness (QED) is 0.667. The first-order chi connectivity index (χ1) is 12.7. The number of nitrogens with one attached hydrogen (secondary N) is 1. The van der Waals surface area contributed by atoms with Gasteiger partial charge in [-0.1, -0.05) is 0 Å². The highest BCUT2D eigenvalue weighted by Crippen LogP contribution is 2.40. The molecule has 7 heteroatoms. The van der Waals surface area contributed by atoms with Crippen LogP contribution in [0.3, 0.4) is 0 Å². The van der Waals surface area contributed by atoms with Crippen molar-refractivity contribution in [2.75, 3.05) is 18.2 Å². The van der Waals surface area contributed by atoms with Gasteiger partial charge < -0.3 is 21.5 Å². The van der Waals surface area contributed by atoms with E-state index in [0.717, 1.165) is 48.5 Å². The zero-order valence-electron chi connectivity index (χ0n) is 14.9. The maximum absolute atomic E-state index is 6.51. The third-order valence-electron chi connectivity index (χ3n) is 5.15. The van der Waals surface area contributed by atoms with E-state index in [0.29, 0.717) is 17.3 Å². The molecule has 0 aliphatic heterocycles. The first kappa shape index (κ1) is 16.7. The van der Waals surface area contributed by atoms with Crippen LogP contribution in [0, 0.1) is 0 Å². The molecule has 3 aromatic rings. The molecular formula is C19H24N6O. The summed E-state index contributed by atoms with van der Waals surface area (Å²) in [5.41, 5.74) is 16.0. The number of hydrogen-bond donors (Lipinski definition) is 3. The summed E-state index contributed by atoms with van der Waals surface area (Å²) in [6.45, 7) is 0. The van der Waals surface area contributed by atoms with Crippen molar-refractivity contribution in [3.05, 3.63) is 42.2 Å². The summed E-state index contributed by atoms with van der Waals surface area (Å²) in [5.74, 6) is 1.93. The molecule has 7 nitrogen and oxygen atoms in total. The predicted molar refractivity (Wildman–Crippen MR) is 103 cm³/mol. The molecule has 136 valence electrons. The minimum atomic E-state index is 0.286. The minimum absolute atomic E-state index is 0.286. The monoisotopic (exact) mass is 352 g/mol. The molecule has 1 aliphatic carbocycles. The number of benzene rings is 1. The van der Waals surface area contributed by atoms with E-state index in [1.165, 1.54) is 0 Å². The fraction of sp³-hybridized carbons (Fsp3) is 0.368. The van der Waals surface area contributed by atoms with E-state index in [9.17, 15) is 0 Å². The average Bonchev–Trinajstić information content (AvgIpc) is 3.13. The molecule has 1 aliphatic rings. The zero-order chi connectivity index (χ0) is 18.1. The number of rotatable bonds is 4. The normalized spacial score (nSPS) is 20.2. The lowest BCUT2D eigenvalue weighted by atomic mass is 9.81. The van der Waals surface area contributed by atoms with Crippen LogP contribution in [0.2, 0.25) is 0 Å². The van der Waals surface area contributed by atoms with E-state index in [1.807, 2.05) is 30.5 Å². The lowest BCUT2D eigenvalue weighted by molar-refractivity contribution is 0.396. The number of hydrogen-bond acceptors (Lipinski definition) is 6. The molecule has 4 rings (SSSR count). The van der Waals surface area contributed by atoms with Crippen LogP contribution in [0.15, 0.2) is 36.7 Å². The van der Waals surface area contributed by atoms with Crippen molar-refractivity contribution in [3.63, 3.8) is 0 Å². The minimum Gasteiger partial charge on any atom is -0.497 e. The number of nitrogens with zero attached hydrogens (tertiary/aromatic N) is 3. The summed E-state index contributed by atoms with van der Waals surface area (Å²) in [6, 6.07) is 8.06. The highest BCUT2D eigenvalue weighted by atomic mass is 16.5. The molecule has 0 saturated heterocycles. The van der Waals surface area contributed by atoms with Crippen LogP contribution in [0.5, 0.6) is 5.75 Å². The van der Waals surface area contributed by atoms with Crippen molar-refractivity contribution in [2.24, 2.45) is 5.73 Å². The molecule has 1 saturated carbocycles. The van der Waals surface area contributed by atoms with Gasteiger partial charge >= 0.3 is 0 Å². The highest BCUT2D eigenvalue weighted by Gasteiger charge is 2.26. The van der Waals surface area contributed by atoms with E-state index < -0.39 is 0 Å². The molecule has 1 aromatic carbocycles. The third-order valence-corrected chi connectivity index (χ3v) is 5.15. The van der Waals surface area contributed by atoms with Gasteiger partial charge in [-0.15, -0.1) is 5.10 Å². The van der Waals surface area contributed by atoms with Crippen molar-refractivity contribution in [1.29, 1.82) is 0 Å². The van der Waals surface area contributed by atoms with Crippen LogP contribution in [0.4, 0.5) is 17.2 Å². The standard InChI is InChI=1S/C19H24N6O/c1-26-15-8-6-14(7-9-15)23-18-16(12-2-4-13(20)5-3-12)17(21)19-22-10-11-25(19)24-18/h6-13H,2-5,20-21H2,1H3,(H,23,24). The number of ether oxygens (including phenoxy) is 1. The fourth-order valence-corrected chi connectivity index (χ4v) is 3.70. The van der Waals surface area contributed by atoms with E-state index in [2.05, 4.69) is 10.3 Å².